The Bertz CT molecular complexity index is 525. The lowest BCUT2D eigenvalue weighted by atomic mass is 9.85. The van der Waals surface area contributed by atoms with E-state index in [1.165, 1.54) is 12.1 Å². The molecule has 2 N–H and O–H groups in total. The van der Waals surface area contributed by atoms with Gasteiger partial charge in [-0.05, 0) is 23.6 Å². The molecule has 4 heteroatoms. The van der Waals surface area contributed by atoms with Gasteiger partial charge in [-0.25, -0.2) is 4.39 Å². The molecule has 2 aromatic rings. The summed E-state index contributed by atoms with van der Waals surface area (Å²) in [5.41, 5.74) is 5.62. The van der Waals surface area contributed by atoms with Crippen LogP contribution in [0.25, 0.3) is 0 Å². The average molecular weight is 279 g/mol. The molecule has 102 valence electrons. The van der Waals surface area contributed by atoms with Crippen LogP contribution in [0.4, 0.5) is 4.39 Å². The highest BCUT2D eigenvalue weighted by molar-refractivity contribution is 7.10. The summed E-state index contributed by atoms with van der Waals surface area (Å²) in [6, 6.07) is 10.2. The largest absolute Gasteiger partial charge is 0.484 e. The van der Waals surface area contributed by atoms with Gasteiger partial charge in [-0.1, -0.05) is 26.0 Å². The van der Waals surface area contributed by atoms with E-state index < -0.39 is 0 Å². The molecule has 1 heterocycles. The third-order valence-electron chi connectivity index (χ3n) is 3.09. The maximum absolute atomic E-state index is 13.2. The van der Waals surface area contributed by atoms with E-state index in [9.17, 15) is 4.39 Å². The molecule has 2 nitrogen and oxygen atoms in total. The summed E-state index contributed by atoms with van der Waals surface area (Å²) in [7, 11) is 0. The first-order valence-electron chi connectivity index (χ1n) is 6.18. The van der Waals surface area contributed by atoms with Crippen molar-refractivity contribution >= 4 is 11.3 Å². The molecule has 0 saturated carbocycles. The summed E-state index contributed by atoms with van der Waals surface area (Å²) in [5.74, 6) is 0.230. The first kappa shape index (κ1) is 14.0. The highest BCUT2D eigenvalue weighted by Crippen LogP contribution is 2.38. The molecule has 0 fully saturated rings. The second-order valence-corrected chi connectivity index (χ2v) is 6.14. The van der Waals surface area contributed by atoms with E-state index in [2.05, 4.69) is 13.8 Å². The van der Waals surface area contributed by atoms with E-state index in [1.54, 1.807) is 23.5 Å². The topological polar surface area (TPSA) is 35.2 Å². The second kappa shape index (κ2) is 5.72. The van der Waals surface area contributed by atoms with E-state index in [1.807, 2.05) is 17.5 Å². The quantitative estimate of drug-likeness (QED) is 0.898. The molecule has 0 aliphatic rings. The smallest absolute Gasteiger partial charge is 0.139 e. The van der Waals surface area contributed by atoms with Crippen LogP contribution in [-0.4, -0.2) is 6.54 Å². The molecule has 0 amide bonds. The van der Waals surface area contributed by atoms with Gasteiger partial charge in [0, 0.05) is 22.9 Å². The maximum Gasteiger partial charge on any atom is 0.139 e. The van der Waals surface area contributed by atoms with Crippen LogP contribution in [-0.2, 0) is 0 Å². The van der Waals surface area contributed by atoms with Gasteiger partial charge in [-0.3, -0.25) is 0 Å². The SMILES string of the molecule is CC(C)(CN)C(Oc1cccc(F)c1)c1cccs1. The second-order valence-electron chi connectivity index (χ2n) is 5.16. The minimum Gasteiger partial charge on any atom is -0.484 e. The zero-order valence-electron chi connectivity index (χ0n) is 11.1. The predicted octanol–water partition coefficient (Wildman–Crippen LogP) is 3.99. The lowest BCUT2D eigenvalue weighted by molar-refractivity contribution is 0.0817. The van der Waals surface area contributed by atoms with Crippen molar-refractivity contribution in [3.63, 3.8) is 0 Å². The van der Waals surface area contributed by atoms with Crippen molar-refractivity contribution in [1.29, 1.82) is 0 Å². The summed E-state index contributed by atoms with van der Waals surface area (Å²) in [6.07, 6.45) is -0.181. The molecule has 0 bridgehead atoms. The molecule has 1 aromatic carbocycles. The molecule has 1 aromatic heterocycles. The van der Waals surface area contributed by atoms with Crippen molar-refractivity contribution in [2.24, 2.45) is 11.1 Å². The third kappa shape index (κ3) is 3.33. The van der Waals surface area contributed by atoms with E-state index in [4.69, 9.17) is 10.5 Å². The standard InChI is InChI=1S/C15H18FNOS/c1-15(2,10-17)14(13-7-4-8-19-13)18-12-6-3-5-11(16)9-12/h3-9,14H,10,17H2,1-2H3. The van der Waals surface area contributed by atoms with Crippen molar-refractivity contribution in [3.8, 4) is 5.75 Å². The summed E-state index contributed by atoms with van der Waals surface area (Å²) in [4.78, 5) is 1.10. The third-order valence-corrected chi connectivity index (χ3v) is 4.00. The van der Waals surface area contributed by atoms with Gasteiger partial charge in [0.05, 0.1) is 0 Å². The molecular weight excluding hydrogens is 261 g/mol. The van der Waals surface area contributed by atoms with Crippen LogP contribution in [0.5, 0.6) is 5.75 Å². The Morgan fingerprint density at radius 3 is 2.68 bits per heavy atom. The first-order valence-corrected chi connectivity index (χ1v) is 7.06. The number of thiophene rings is 1. The number of rotatable bonds is 5. The Labute approximate surface area is 117 Å². The number of hydrogen-bond acceptors (Lipinski definition) is 3. The fourth-order valence-corrected chi connectivity index (χ4v) is 2.79. The first-order chi connectivity index (χ1) is 9.03. The fraction of sp³-hybridized carbons (Fsp3) is 0.333. The number of hydrogen-bond donors (Lipinski definition) is 1. The van der Waals surface area contributed by atoms with E-state index in [-0.39, 0.29) is 17.3 Å². The van der Waals surface area contributed by atoms with Gasteiger partial charge in [0.2, 0.25) is 0 Å². The molecule has 0 aliphatic carbocycles. The minimum absolute atomic E-state index is 0.181. The van der Waals surface area contributed by atoms with Gasteiger partial charge < -0.3 is 10.5 Å². The predicted molar refractivity (Wildman–Crippen MR) is 76.9 cm³/mol. The zero-order chi connectivity index (χ0) is 13.9. The van der Waals surface area contributed by atoms with Crippen LogP contribution in [0.15, 0.2) is 41.8 Å². The molecular formula is C15H18FNOS. The molecule has 0 spiro atoms. The van der Waals surface area contributed by atoms with Crippen molar-refractivity contribution in [1.82, 2.24) is 0 Å². The Kier molecular flexibility index (Phi) is 4.22. The Morgan fingerprint density at radius 1 is 1.32 bits per heavy atom. The van der Waals surface area contributed by atoms with Gasteiger partial charge >= 0.3 is 0 Å². The number of nitrogens with two attached hydrogens (primary N) is 1. The highest BCUT2D eigenvalue weighted by Gasteiger charge is 2.32. The molecule has 2 rings (SSSR count). The molecule has 0 aliphatic heterocycles. The fourth-order valence-electron chi connectivity index (χ4n) is 1.83. The van der Waals surface area contributed by atoms with Crippen LogP contribution in [0, 0.1) is 11.2 Å². The molecule has 0 saturated heterocycles. The maximum atomic E-state index is 13.2. The lowest BCUT2D eigenvalue weighted by Crippen LogP contribution is -2.33. The monoisotopic (exact) mass is 279 g/mol. The van der Waals surface area contributed by atoms with Crippen LogP contribution in [0.2, 0.25) is 0 Å². The van der Waals surface area contributed by atoms with E-state index >= 15 is 0 Å². The molecule has 1 atom stereocenters. The summed E-state index contributed by atoms with van der Waals surface area (Å²) >= 11 is 1.62. The van der Waals surface area contributed by atoms with Gasteiger partial charge in [-0.15, -0.1) is 11.3 Å². The Balaban J connectivity index is 2.29. The normalized spacial score (nSPS) is 13.3. The van der Waals surface area contributed by atoms with Crippen molar-refractivity contribution in [2.45, 2.75) is 20.0 Å². The van der Waals surface area contributed by atoms with Crippen molar-refractivity contribution in [3.05, 3.63) is 52.5 Å². The summed E-state index contributed by atoms with van der Waals surface area (Å²) in [6.45, 7) is 4.60. The number of benzene rings is 1. The number of halogens is 1. The Hall–Kier alpha value is -1.39. The van der Waals surface area contributed by atoms with Crippen LogP contribution >= 0.6 is 11.3 Å². The van der Waals surface area contributed by atoms with Crippen LogP contribution in [0.3, 0.4) is 0 Å². The van der Waals surface area contributed by atoms with Gasteiger partial charge in [-0.2, -0.15) is 0 Å². The molecule has 19 heavy (non-hydrogen) atoms. The van der Waals surface area contributed by atoms with Crippen LogP contribution < -0.4 is 10.5 Å². The van der Waals surface area contributed by atoms with Gasteiger partial charge in [0.15, 0.2) is 0 Å². The van der Waals surface area contributed by atoms with E-state index in [0.717, 1.165) is 4.88 Å². The molecule has 1 unspecified atom stereocenters. The van der Waals surface area contributed by atoms with Crippen molar-refractivity contribution < 1.29 is 9.13 Å². The molecule has 0 radical (unpaired) electrons. The van der Waals surface area contributed by atoms with Gasteiger partial charge in [0.25, 0.3) is 0 Å². The van der Waals surface area contributed by atoms with E-state index in [0.29, 0.717) is 12.3 Å². The summed E-state index contributed by atoms with van der Waals surface area (Å²) < 4.78 is 19.2. The van der Waals surface area contributed by atoms with Gasteiger partial charge in [0.1, 0.15) is 17.7 Å². The zero-order valence-corrected chi connectivity index (χ0v) is 11.9. The average Bonchev–Trinajstić information content (AvgIpc) is 2.89. The lowest BCUT2D eigenvalue weighted by Gasteiger charge is -2.32. The van der Waals surface area contributed by atoms with Crippen LogP contribution in [0.1, 0.15) is 24.8 Å². The summed E-state index contributed by atoms with van der Waals surface area (Å²) in [5, 5.41) is 2.00. The minimum atomic E-state index is -0.298. The van der Waals surface area contributed by atoms with Crippen molar-refractivity contribution in [2.75, 3.05) is 6.54 Å². The highest BCUT2D eigenvalue weighted by atomic mass is 32.1. The Morgan fingerprint density at radius 2 is 2.11 bits per heavy atom. The number of ether oxygens (including phenoxy) is 1.